The molecule has 14 heavy (non-hydrogen) atoms. The summed E-state index contributed by atoms with van der Waals surface area (Å²) < 4.78 is 25.0. The summed E-state index contributed by atoms with van der Waals surface area (Å²) in [4.78, 5) is 1.26. The molecule has 0 spiro atoms. The maximum atomic E-state index is 12.5. The molecule has 0 aliphatic heterocycles. The van der Waals surface area contributed by atoms with E-state index in [0.29, 0.717) is 6.54 Å². The summed E-state index contributed by atoms with van der Waals surface area (Å²) in [5.41, 5.74) is 1.20. The zero-order valence-corrected chi connectivity index (χ0v) is 8.83. The molecule has 1 saturated carbocycles. The van der Waals surface area contributed by atoms with Crippen LogP contribution >= 0.6 is 11.3 Å². The topological polar surface area (TPSA) is 12.0 Å². The van der Waals surface area contributed by atoms with E-state index >= 15 is 0 Å². The molecule has 0 aromatic carbocycles. The van der Waals surface area contributed by atoms with E-state index in [1.807, 2.05) is 6.92 Å². The zero-order valence-electron chi connectivity index (χ0n) is 8.02. The third-order valence-corrected chi connectivity index (χ3v) is 3.38. The molecule has 1 nitrogen and oxygen atoms in total. The Morgan fingerprint density at radius 2 is 2.29 bits per heavy atom. The van der Waals surface area contributed by atoms with Gasteiger partial charge in [-0.2, -0.15) is 0 Å². The molecule has 0 radical (unpaired) electrons. The molecule has 0 saturated heterocycles. The highest BCUT2D eigenvalue weighted by atomic mass is 32.1. The molecule has 1 fully saturated rings. The maximum absolute atomic E-state index is 12.5. The normalized spacial score (nSPS) is 20.8. The fourth-order valence-electron chi connectivity index (χ4n) is 1.66. The third kappa shape index (κ3) is 2.30. The van der Waals surface area contributed by atoms with Gasteiger partial charge in [-0.15, -0.1) is 11.3 Å². The summed E-state index contributed by atoms with van der Waals surface area (Å²) >= 11 is 1.69. The van der Waals surface area contributed by atoms with Crippen LogP contribution < -0.4 is 5.32 Å². The standard InChI is InChI=1S/C10H13F2NS/c1-7-2-8(6-14-7)5-13-9-3-10(11,12)4-9/h2,6,9,13H,3-5H2,1H3. The molecular weight excluding hydrogens is 204 g/mol. The second kappa shape index (κ2) is 3.59. The van der Waals surface area contributed by atoms with Crippen molar-refractivity contribution in [2.24, 2.45) is 0 Å². The maximum Gasteiger partial charge on any atom is 0.251 e. The van der Waals surface area contributed by atoms with Gasteiger partial charge >= 0.3 is 0 Å². The largest absolute Gasteiger partial charge is 0.309 e. The first kappa shape index (κ1) is 10.1. The van der Waals surface area contributed by atoms with Crippen molar-refractivity contribution >= 4 is 11.3 Å². The van der Waals surface area contributed by atoms with Crippen LogP contribution in [0.2, 0.25) is 0 Å². The molecule has 0 unspecified atom stereocenters. The van der Waals surface area contributed by atoms with Crippen molar-refractivity contribution in [2.45, 2.75) is 38.3 Å². The lowest BCUT2D eigenvalue weighted by atomic mass is 9.88. The molecular formula is C10H13F2NS. The van der Waals surface area contributed by atoms with Crippen molar-refractivity contribution in [2.75, 3.05) is 0 Å². The molecule has 0 bridgehead atoms. The van der Waals surface area contributed by atoms with E-state index in [2.05, 4.69) is 16.8 Å². The van der Waals surface area contributed by atoms with Gasteiger partial charge in [0.1, 0.15) is 0 Å². The van der Waals surface area contributed by atoms with Gasteiger partial charge in [-0.05, 0) is 23.9 Å². The number of aryl methyl sites for hydroxylation is 1. The molecule has 1 heterocycles. The van der Waals surface area contributed by atoms with E-state index in [9.17, 15) is 8.78 Å². The first-order valence-electron chi connectivity index (χ1n) is 4.70. The van der Waals surface area contributed by atoms with E-state index in [1.165, 1.54) is 10.4 Å². The van der Waals surface area contributed by atoms with E-state index < -0.39 is 5.92 Å². The lowest BCUT2D eigenvalue weighted by Crippen LogP contribution is -2.48. The molecule has 1 aliphatic rings. The highest BCUT2D eigenvalue weighted by molar-refractivity contribution is 7.10. The molecule has 1 N–H and O–H groups in total. The van der Waals surface area contributed by atoms with Crippen molar-refractivity contribution in [3.05, 3.63) is 21.9 Å². The molecule has 0 atom stereocenters. The SMILES string of the molecule is Cc1cc(CNC2CC(F)(F)C2)cs1. The zero-order chi connectivity index (χ0) is 10.2. The van der Waals surface area contributed by atoms with Crippen molar-refractivity contribution in [1.82, 2.24) is 5.32 Å². The fraction of sp³-hybridized carbons (Fsp3) is 0.600. The van der Waals surface area contributed by atoms with Crippen LogP contribution in [0.3, 0.4) is 0 Å². The number of rotatable bonds is 3. The van der Waals surface area contributed by atoms with Gasteiger partial charge in [0.25, 0.3) is 5.92 Å². The van der Waals surface area contributed by atoms with Gasteiger partial charge in [0.2, 0.25) is 0 Å². The van der Waals surface area contributed by atoms with E-state index in [0.717, 1.165) is 0 Å². The van der Waals surface area contributed by atoms with Crippen molar-refractivity contribution in [3.8, 4) is 0 Å². The van der Waals surface area contributed by atoms with Gasteiger partial charge in [-0.1, -0.05) is 0 Å². The van der Waals surface area contributed by atoms with Crippen molar-refractivity contribution in [3.63, 3.8) is 0 Å². The van der Waals surface area contributed by atoms with Crippen molar-refractivity contribution < 1.29 is 8.78 Å². The smallest absolute Gasteiger partial charge is 0.251 e. The Morgan fingerprint density at radius 1 is 1.57 bits per heavy atom. The van der Waals surface area contributed by atoms with E-state index in [4.69, 9.17) is 0 Å². The Kier molecular flexibility index (Phi) is 2.58. The molecule has 1 aromatic rings. The predicted octanol–water partition coefficient (Wildman–Crippen LogP) is 2.94. The van der Waals surface area contributed by atoms with Gasteiger partial charge in [0, 0.05) is 30.3 Å². The number of alkyl halides is 2. The van der Waals surface area contributed by atoms with Crippen LogP contribution in [-0.4, -0.2) is 12.0 Å². The summed E-state index contributed by atoms with van der Waals surface area (Å²) in [5, 5.41) is 5.20. The molecule has 78 valence electrons. The van der Waals surface area contributed by atoms with Gasteiger partial charge in [0.05, 0.1) is 0 Å². The second-order valence-corrected chi connectivity index (χ2v) is 5.02. The Hall–Kier alpha value is -0.480. The van der Waals surface area contributed by atoms with Gasteiger partial charge < -0.3 is 5.32 Å². The first-order valence-corrected chi connectivity index (χ1v) is 5.58. The number of nitrogens with one attached hydrogen (secondary N) is 1. The highest BCUT2D eigenvalue weighted by Crippen LogP contribution is 2.37. The summed E-state index contributed by atoms with van der Waals surface area (Å²) in [7, 11) is 0. The predicted molar refractivity (Wildman–Crippen MR) is 53.9 cm³/mol. The van der Waals surface area contributed by atoms with Crippen LogP contribution in [0, 0.1) is 6.92 Å². The average Bonchev–Trinajstić information content (AvgIpc) is 2.44. The summed E-state index contributed by atoms with van der Waals surface area (Å²) in [6, 6.07) is 2.10. The molecule has 1 aromatic heterocycles. The van der Waals surface area contributed by atoms with Crippen LogP contribution in [0.5, 0.6) is 0 Å². The van der Waals surface area contributed by atoms with Crippen LogP contribution in [0.1, 0.15) is 23.3 Å². The number of hydrogen-bond donors (Lipinski definition) is 1. The van der Waals surface area contributed by atoms with Crippen LogP contribution in [0.4, 0.5) is 8.78 Å². The Balaban J connectivity index is 1.74. The Morgan fingerprint density at radius 3 is 2.79 bits per heavy atom. The average molecular weight is 217 g/mol. The minimum atomic E-state index is -2.41. The van der Waals surface area contributed by atoms with Gasteiger partial charge in [-0.25, -0.2) is 8.78 Å². The number of halogens is 2. The summed E-state index contributed by atoms with van der Waals surface area (Å²) in [6.45, 7) is 2.76. The molecule has 1 aliphatic carbocycles. The third-order valence-electron chi connectivity index (χ3n) is 2.47. The molecule has 0 amide bonds. The van der Waals surface area contributed by atoms with Crippen molar-refractivity contribution in [1.29, 1.82) is 0 Å². The van der Waals surface area contributed by atoms with E-state index in [-0.39, 0.29) is 18.9 Å². The number of thiophene rings is 1. The minimum absolute atomic E-state index is 0.00385. The lowest BCUT2D eigenvalue weighted by molar-refractivity contribution is -0.0930. The lowest BCUT2D eigenvalue weighted by Gasteiger charge is -2.35. The van der Waals surface area contributed by atoms with Crippen LogP contribution in [0.15, 0.2) is 11.4 Å². The fourth-order valence-corrected chi connectivity index (χ4v) is 2.37. The van der Waals surface area contributed by atoms with E-state index in [1.54, 1.807) is 11.3 Å². The quantitative estimate of drug-likeness (QED) is 0.820. The Bertz CT molecular complexity index is 314. The van der Waals surface area contributed by atoms with Gasteiger partial charge in [0.15, 0.2) is 0 Å². The number of hydrogen-bond acceptors (Lipinski definition) is 2. The van der Waals surface area contributed by atoms with Crippen LogP contribution in [-0.2, 0) is 6.54 Å². The second-order valence-electron chi connectivity index (χ2n) is 3.91. The Labute approximate surface area is 86.1 Å². The monoisotopic (exact) mass is 217 g/mol. The molecule has 4 heteroatoms. The minimum Gasteiger partial charge on any atom is -0.309 e. The highest BCUT2D eigenvalue weighted by Gasteiger charge is 2.44. The summed E-state index contributed by atoms with van der Waals surface area (Å²) in [5.74, 6) is -2.41. The molecule has 2 rings (SSSR count). The first-order chi connectivity index (χ1) is 6.55. The summed E-state index contributed by atoms with van der Waals surface area (Å²) in [6.07, 6.45) is -0.00770. The van der Waals surface area contributed by atoms with Gasteiger partial charge in [-0.3, -0.25) is 0 Å². The van der Waals surface area contributed by atoms with Crippen LogP contribution in [0.25, 0.3) is 0 Å².